The molecule has 0 atom stereocenters. The molecule has 0 aliphatic carbocycles. The van der Waals surface area contributed by atoms with Crippen molar-refractivity contribution < 1.29 is 82.2 Å². The number of esters is 3. The van der Waals surface area contributed by atoms with Gasteiger partial charge in [0, 0.05) is 105 Å². The number of nitrogens with one attached hydrogen (secondary N) is 3. The number of Topliss-reactive ketones (excluding diaryl/α,β-unsaturated/α-hetero) is 3. The fourth-order valence-corrected chi connectivity index (χ4v) is 15.1. The molecule has 0 unspecified atom stereocenters. The summed E-state index contributed by atoms with van der Waals surface area (Å²) in [7, 11) is 0. The van der Waals surface area contributed by atoms with E-state index < -0.39 is 24.1 Å². The highest BCUT2D eigenvalue weighted by molar-refractivity contribution is 6.05. The van der Waals surface area contributed by atoms with E-state index in [4.69, 9.17) is 18.9 Å². The van der Waals surface area contributed by atoms with Crippen molar-refractivity contribution >= 4 is 125 Å². The predicted molar refractivity (Wildman–Crippen MR) is 513 cm³/mol. The Morgan fingerprint density at radius 3 is 0.704 bits per heavy atom. The molecule has 0 spiro atoms. The van der Waals surface area contributed by atoms with E-state index in [-0.39, 0.29) is 100 Å². The smallest absolute Gasteiger partial charge is 0.506 e. The van der Waals surface area contributed by atoms with Crippen LogP contribution >= 0.6 is 0 Å². The average Bonchev–Trinajstić information content (AvgIpc) is 0.769. The van der Waals surface area contributed by atoms with Crippen molar-refractivity contribution in [2.75, 3.05) is 19.6 Å². The lowest BCUT2D eigenvalue weighted by molar-refractivity contribution is -0.118. The molecule has 0 aliphatic rings. The summed E-state index contributed by atoms with van der Waals surface area (Å²) in [5.74, 6) is -2.17. The number of phenolic OH excluding ortho intramolecular Hbond substituents is 2. The second-order valence-corrected chi connectivity index (χ2v) is 31.1. The maximum atomic E-state index is 14.0. The molecule has 18 rings (SSSR count). The third-order valence-corrected chi connectivity index (χ3v) is 22.0. The van der Waals surface area contributed by atoms with Gasteiger partial charge in [-0.05, 0) is 249 Å². The van der Waals surface area contributed by atoms with Gasteiger partial charge in [-0.1, -0.05) is 130 Å². The number of hydrogen-bond acceptors (Lipinski definition) is 22. The van der Waals surface area contributed by atoms with Crippen molar-refractivity contribution in [1.82, 2.24) is 45.9 Å². The van der Waals surface area contributed by atoms with E-state index in [0.29, 0.717) is 141 Å². The normalized spacial score (nSPS) is 10.9. The molecular formula is C109H81N9O17. The van der Waals surface area contributed by atoms with E-state index in [1.165, 1.54) is 0 Å². The molecule has 0 radical (unpaired) electrons. The molecule has 135 heavy (non-hydrogen) atoms. The van der Waals surface area contributed by atoms with Gasteiger partial charge in [0.05, 0.1) is 36.3 Å². The Kier molecular flexibility index (Phi) is 27.4. The Balaban J connectivity index is 0.000000161. The Labute approximate surface area is 771 Å². The lowest BCUT2D eigenvalue weighted by Crippen LogP contribution is -2.29. The molecule has 0 saturated heterocycles. The van der Waals surface area contributed by atoms with Crippen LogP contribution in [0.25, 0.3) is 132 Å². The molecule has 6 heterocycles. The molecule has 26 nitrogen and oxygen atoms in total. The van der Waals surface area contributed by atoms with Crippen LogP contribution in [0.3, 0.4) is 0 Å². The second-order valence-electron chi connectivity index (χ2n) is 31.1. The number of phenols is 2. The number of aromatic hydroxyl groups is 2. The van der Waals surface area contributed by atoms with Crippen LogP contribution in [0.15, 0.2) is 328 Å². The van der Waals surface area contributed by atoms with Crippen LogP contribution in [-0.2, 0) is 14.4 Å². The van der Waals surface area contributed by atoms with Crippen LogP contribution < -0.4 is 34.9 Å². The maximum Gasteiger partial charge on any atom is 0.511 e. The van der Waals surface area contributed by atoms with Crippen LogP contribution in [0.1, 0.15) is 102 Å². The number of pyridine rings is 6. The molecule has 0 saturated carbocycles. The summed E-state index contributed by atoms with van der Waals surface area (Å²) in [6, 6.07) is 84.7. The van der Waals surface area contributed by atoms with E-state index in [9.17, 15) is 63.3 Å². The highest BCUT2D eigenvalue weighted by Gasteiger charge is 2.24. The van der Waals surface area contributed by atoms with Crippen molar-refractivity contribution in [2.45, 2.75) is 40.0 Å². The van der Waals surface area contributed by atoms with Gasteiger partial charge in [-0.25, -0.2) is 19.2 Å². The fourth-order valence-electron chi connectivity index (χ4n) is 15.1. The highest BCUT2D eigenvalue weighted by atomic mass is 16.7. The van der Waals surface area contributed by atoms with Gasteiger partial charge >= 0.3 is 24.1 Å². The van der Waals surface area contributed by atoms with Gasteiger partial charge < -0.3 is 50.2 Å². The number of fused-ring (bicyclic) bond motifs is 6. The number of nitrogens with zero attached hydrogens (tertiary/aromatic N) is 6. The molecule has 664 valence electrons. The molecule has 6 N–H and O–H groups in total. The minimum Gasteiger partial charge on any atom is -0.506 e. The number of aromatic nitrogens is 6. The number of carbonyl (C=O) groups is 10. The molecule has 26 heteroatoms. The number of ether oxygens (including phenoxy) is 4. The first-order valence-electron chi connectivity index (χ1n) is 42.9. The molecule has 3 amide bonds. The summed E-state index contributed by atoms with van der Waals surface area (Å²) < 4.78 is 23.1. The van der Waals surface area contributed by atoms with Gasteiger partial charge in [0.2, 0.25) is 0 Å². The van der Waals surface area contributed by atoms with Crippen LogP contribution in [0.5, 0.6) is 34.5 Å². The van der Waals surface area contributed by atoms with Gasteiger partial charge in [0.1, 0.15) is 44.6 Å². The first kappa shape index (κ1) is 90.2. The van der Waals surface area contributed by atoms with Gasteiger partial charge in [-0.2, -0.15) is 0 Å². The number of rotatable bonds is 25. The van der Waals surface area contributed by atoms with Crippen molar-refractivity contribution in [2.24, 2.45) is 0 Å². The number of hydrogen-bond donors (Lipinski definition) is 6. The number of amides is 3. The van der Waals surface area contributed by atoms with E-state index >= 15 is 0 Å². The molecule has 6 aromatic heterocycles. The minimum atomic E-state index is -1.46. The standard InChI is InChI=1S/C52H36N4O7.C37H27N3O7.C20H18N2O3/c1-2-43(57)30-56-50(59)37-12-3-9-31(21-37)41-25-35-16-7-19-54-48(35)45(28-41)62-52(61)39-14-5-11-33(23-39)42-26-36-17-8-20-55-49(36)46(29-42)63-51(60)38-13-4-10-32(22-38)40-24-34-15-6-18-53-47(34)44(58)27-40;1-2-30(41)21-40-35(42)26-9-3-7-22(15-26)28-17-24-11-5-13-38-33(24)31(19-28)46-36(43)27-10-4-8-23(16-27)29-18-25-12-6-14-39-34(25)32(20-29)47-37(44)45;1-2-17(23)12-22-20(25)15-6-3-5-13(9-15)16-10-14-7-4-8-21-19(14)18(24)11-16/h3-29,58H,2,30H2,1H3,(H,56,59);3-20H,2,21H2,1H3,(H,40,42)(H,44,45);3-11,24H,2,12H2,1H3,(H,22,25). The Hall–Kier alpha value is -18.2. The molecule has 0 bridgehead atoms. The van der Waals surface area contributed by atoms with Crippen LogP contribution in [0.2, 0.25) is 0 Å². The fraction of sp³-hybridized carbons (Fsp3) is 0.0826. The van der Waals surface area contributed by atoms with Crippen molar-refractivity contribution in [3.05, 3.63) is 362 Å². The zero-order valence-electron chi connectivity index (χ0n) is 72.7. The summed E-state index contributed by atoms with van der Waals surface area (Å²) in [6.45, 7) is 5.18. The van der Waals surface area contributed by atoms with E-state index in [1.54, 1.807) is 252 Å². The Morgan fingerprint density at radius 1 is 0.244 bits per heavy atom. The average molecular weight is 1790 g/mol. The first-order valence-corrected chi connectivity index (χ1v) is 42.9. The lowest BCUT2D eigenvalue weighted by Gasteiger charge is -2.13. The summed E-state index contributed by atoms with van der Waals surface area (Å²) in [6.07, 6.45) is 9.23. The Morgan fingerprint density at radius 2 is 0.459 bits per heavy atom. The topological polar surface area (TPSA) is 382 Å². The third-order valence-electron chi connectivity index (χ3n) is 22.0. The van der Waals surface area contributed by atoms with E-state index in [2.05, 4.69) is 45.9 Å². The molecular weight excluding hydrogens is 1710 g/mol. The van der Waals surface area contributed by atoms with E-state index in [0.717, 1.165) is 32.7 Å². The zero-order valence-corrected chi connectivity index (χ0v) is 72.7. The molecule has 12 aromatic carbocycles. The summed E-state index contributed by atoms with van der Waals surface area (Å²) in [5.41, 5.74) is 13.3. The third kappa shape index (κ3) is 21.4. The number of ketones is 3. The van der Waals surface area contributed by atoms with Gasteiger partial charge in [-0.3, -0.25) is 58.7 Å². The Bertz CT molecular complexity index is 7770. The number of carbonyl (C=O) groups excluding carboxylic acids is 9. The number of benzene rings is 12. The largest absolute Gasteiger partial charge is 0.511 e. The van der Waals surface area contributed by atoms with Gasteiger partial charge in [0.15, 0.2) is 40.3 Å². The maximum absolute atomic E-state index is 14.0. The van der Waals surface area contributed by atoms with Crippen molar-refractivity contribution in [3.8, 4) is 101 Å². The van der Waals surface area contributed by atoms with Gasteiger partial charge in [0.25, 0.3) is 17.7 Å². The lowest BCUT2D eigenvalue weighted by atomic mass is 10.00. The minimum absolute atomic E-state index is 0.0172. The number of carboxylic acid groups (broad SMARTS) is 1. The summed E-state index contributed by atoms with van der Waals surface area (Å²) >= 11 is 0. The summed E-state index contributed by atoms with van der Waals surface area (Å²) in [4.78, 5) is 151. The van der Waals surface area contributed by atoms with Crippen LogP contribution in [-0.4, -0.2) is 124 Å². The quantitative estimate of drug-likeness (QED) is 0.0176. The van der Waals surface area contributed by atoms with Gasteiger partial charge in [-0.15, -0.1) is 0 Å². The first-order chi connectivity index (χ1) is 65.6. The second kappa shape index (κ2) is 41.1. The highest BCUT2D eigenvalue weighted by Crippen LogP contribution is 2.40. The monoisotopic (exact) mass is 1790 g/mol. The molecule has 0 fully saturated rings. The molecule has 18 aromatic rings. The van der Waals surface area contributed by atoms with Crippen molar-refractivity contribution in [1.29, 1.82) is 0 Å². The molecule has 0 aliphatic heterocycles. The van der Waals surface area contributed by atoms with Crippen LogP contribution in [0, 0.1) is 0 Å². The predicted octanol–water partition coefficient (Wildman–Crippen LogP) is 20.6. The zero-order chi connectivity index (χ0) is 94.2. The SMILES string of the molecule is CCC(=O)CNC(=O)c1cccc(-c2cc(O)c3ncccc3c2)c1.CCC(=O)CNC(=O)c1cccc(-c2cc(OC(=O)c3cccc(-c4cc(OC(=O)O)c5ncccc5c4)c3)c3ncccc3c2)c1.CCC(=O)CNC(=O)c1cccc(-c2cc(OC(=O)c3cccc(-c4cc(OC(=O)c5cccc(-c6cc(O)c7ncccc7c6)c5)c5ncccc5c4)c3)c3ncccc3c2)c1. The van der Waals surface area contributed by atoms with Crippen molar-refractivity contribution in [3.63, 3.8) is 0 Å². The summed E-state index contributed by atoms with van der Waals surface area (Å²) in [5, 5.41) is 42.4. The van der Waals surface area contributed by atoms with Crippen LogP contribution in [0.4, 0.5) is 4.79 Å². The van der Waals surface area contributed by atoms with E-state index in [1.807, 2.05) is 97.1 Å².